The van der Waals surface area contributed by atoms with E-state index in [9.17, 15) is 5.11 Å². The van der Waals surface area contributed by atoms with Crippen LogP contribution in [-0.4, -0.2) is 10.7 Å². The van der Waals surface area contributed by atoms with Gasteiger partial charge in [-0.25, -0.2) is 0 Å². The lowest BCUT2D eigenvalue weighted by molar-refractivity contribution is -0.0762. The molecule has 0 saturated heterocycles. The van der Waals surface area contributed by atoms with Gasteiger partial charge in [0.05, 0.1) is 5.60 Å². The van der Waals surface area contributed by atoms with Crippen LogP contribution >= 0.6 is 0 Å². The van der Waals surface area contributed by atoms with Gasteiger partial charge in [-0.05, 0) is 75.0 Å². The fraction of sp³-hybridized carbons (Fsp3) is 0.889. The maximum atomic E-state index is 11.5. The van der Waals surface area contributed by atoms with Crippen LogP contribution in [0, 0.1) is 29.6 Å². The van der Waals surface area contributed by atoms with Crippen LogP contribution in [0.1, 0.15) is 64.2 Å². The Morgan fingerprint density at radius 1 is 0.895 bits per heavy atom. The lowest BCUT2D eigenvalue weighted by Gasteiger charge is -2.45. The minimum atomic E-state index is -0.244. The third-order valence-electron chi connectivity index (χ3n) is 7.57. The van der Waals surface area contributed by atoms with E-state index in [1.54, 1.807) is 5.57 Å². The van der Waals surface area contributed by atoms with Crippen molar-refractivity contribution in [2.45, 2.75) is 69.8 Å². The number of hydrogen-bond acceptors (Lipinski definition) is 1. The van der Waals surface area contributed by atoms with Crippen molar-refractivity contribution in [3.8, 4) is 0 Å². The normalized spacial score (nSPS) is 55.1. The lowest BCUT2D eigenvalue weighted by atomic mass is 9.64. The molecule has 3 saturated carbocycles. The van der Waals surface area contributed by atoms with E-state index in [0.29, 0.717) is 17.8 Å². The molecule has 5 aliphatic rings. The van der Waals surface area contributed by atoms with Crippen LogP contribution in [0.5, 0.6) is 0 Å². The molecule has 3 fully saturated rings. The summed E-state index contributed by atoms with van der Waals surface area (Å²) < 4.78 is 0. The van der Waals surface area contributed by atoms with Gasteiger partial charge in [-0.2, -0.15) is 0 Å². The largest absolute Gasteiger partial charge is 0.389 e. The average Bonchev–Trinajstić information content (AvgIpc) is 3.05. The van der Waals surface area contributed by atoms with Gasteiger partial charge in [0.1, 0.15) is 0 Å². The first-order valence-electron chi connectivity index (χ1n) is 8.74. The van der Waals surface area contributed by atoms with Gasteiger partial charge >= 0.3 is 0 Å². The summed E-state index contributed by atoms with van der Waals surface area (Å²) >= 11 is 0. The fourth-order valence-corrected chi connectivity index (χ4v) is 7.08. The second kappa shape index (κ2) is 3.67. The maximum Gasteiger partial charge on any atom is 0.0777 e. The van der Waals surface area contributed by atoms with E-state index in [-0.39, 0.29) is 5.60 Å². The predicted molar refractivity (Wildman–Crippen MR) is 75.6 cm³/mol. The van der Waals surface area contributed by atoms with Gasteiger partial charge in [0.15, 0.2) is 0 Å². The van der Waals surface area contributed by atoms with Crippen molar-refractivity contribution in [3.05, 3.63) is 11.1 Å². The topological polar surface area (TPSA) is 20.2 Å². The molecule has 1 heteroatoms. The summed E-state index contributed by atoms with van der Waals surface area (Å²) in [6.45, 7) is 0. The summed E-state index contributed by atoms with van der Waals surface area (Å²) in [5, 5.41) is 11.5. The van der Waals surface area contributed by atoms with E-state index in [1.165, 1.54) is 64.2 Å². The van der Waals surface area contributed by atoms with Crippen molar-refractivity contribution >= 4 is 0 Å². The first-order chi connectivity index (χ1) is 9.30. The molecule has 0 heterocycles. The van der Waals surface area contributed by atoms with Gasteiger partial charge in [0.2, 0.25) is 0 Å². The first-order valence-corrected chi connectivity index (χ1v) is 8.74. The molecule has 1 N–H and O–H groups in total. The minimum Gasteiger partial charge on any atom is -0.389 e. The van der Waals surface area contributed by atoms with Crippen LogP contribution in [0.4, 0.5) is 0 Å². The Kier molecular flexibility index (Phi) is 2.19. The van der Waals surface area contributed by atoms with Gasteiger partial charge in [0, 0.05) is 5.92 Å². The molecule has 0 radical (unpaired) electrons. The molecular weight excluding hydrogens is 232 g/mol. The molecule has 6 unspecified atom stereocenters. The van der Waals surface area contributed by atoms with Crippen molar-refractivity contribution in [1.29, 1.82) is 0 Å². The summed E-state index contributed by atoms with van der Waals surface area (Å²) in [4.78, 5) is 0. The fourth-order valence-electron chi connectivity index (χ4n) is 7.08. The van der Waals surface area contributed by atoms with Gasteiger partial charge in [-0.3, -0.25) is 0 Å². The second-order valence-corrected chi connectivity index (χ2v) is 8.04. The molecular formula is C18H26O. The quantitative estimate of drug-likeness (QED) is 0.513. The third-order valence-corrected chi connectivity index (χ3v) is 7.57. The molecule has 5 rings (SSSR count). The molecule has 0 spiro atoms. The third kappa shape index (κ3) is 1.22. The van der Waals surface area contributed by atoms with E-state index in [4.69, 9.17) is 0 Å². The van der Waals surface area contributed by atoms with Crippen LogP contribution in [0.3, 0.4) is 0 Å². The summed E-state index contributed by atoms with van der Waals surface area (Å²) in [6, 6.07) is 0. The molecule has 0 amide bonds. The van der Waals surface area contributed by atoms with Crippen LogP contribution < -0.4 is 0 Å². The zero-order valence-corrected chi connectivity index (χ0v) is 11.9. The SMILES string of the molecule is OC12C3CCC(C3)C1C1CC2C2=C1CCCCCC2. The molecule has 0 aliphatic heterocycles. The summed E-state index contributed by atoms with van der Waals surface area (Å²) in [5.41, 5.74) is 3.37. The zero-order valence-electron chi connectivity index (χ0n) is 11.9. The molecule has 6 atom stereocenters. The number of hydrogen-bond donors (Lipinski definition) is 1. The second-order valence-electron chi connectivity index (χ2n) is 8.04. The first kappa shape index (κ1) is 11.4. The molecule has 0 aromatic heterocycles. The van der Waals surface area contributed by atoms with Crippen molar-refractivity contribution in [1.82, 2.24) is 0 Å². The zero-order chi connectivity index (χ0) is 12.6. The van der Waals surface area contributed by atoms with Gasteiger partial charge < -0.3 is 5.11 Å². The molecule has 0 aromatic rings. The number of rotatable bonds is 0. The van der Waals surface area contributed by atoms with E-state index in [2.05, 4.69) is 0 Å². The number of aliphatic hydroxyl groups is 1. The Labute approximate surface area is 116 Å². The Morgan fingerprint density at radius 2 is 1.68 bits per heavy atom. The van der Waals surface area contributed by atoms with Crippen molar-refractivity contribution in [2.24, 2.45) is 29.6 Å². The highest BCUT2D eigenvalue weighted by molar-refractivity contribution is 5.39. The number of fused-ring (bicyclic) bond motifs is 11. The highest BCUT2D eigenvalue weighted by atomic mass is 16.3. The Hall–Kier alpha value is -0.300. The van der Waals surface area contributed by atoms with Crippen LogP contribution in [0.2, 0.25) is 0 Å². The van der Waals surface area contributed by atoms with Gasteiger partial charge in [0.25, 0.3) is 0 Å². The van der Waals surface area contributed by atoms with Gasteiger partial charge in [-0.15, -0.1) is 0 Å². The van der Waals surface area contributed by atoms with E-state index in [0.717, 1.165) is 11.8 Å². The molecule has 5 aliphatic carbocycles. The van der Waals surface area contributed by atoms with E-state index >= 15 is 0 Å². The average molecular weight is 258 g/mol. The summed E-state index contributed by atoms with van der Waals surface area (Å²) in [7, 11) is 0. The van der Waals surface area contributed by atoms with Crippen LogP contribution in [0.25, 0.3) is 0 Å². The molecule has 4 bridgehead atoms. The van der Waals surface area contributed by atoms with Crippen LogP contribution in [0.15, 0.2) is 11.1 Å². The van der Waals surface area contributed by atoms with E-state index in [1.807, 2.05) is 5.57 Å². The molecule has 104 valence electrons. The van der Waals surface area contributed by atoms with Crippen molar-refractivity contribution in [3.63, 3.8) is 0 Å². The van der Waals surface area contributed by atoms with Gasteiger partial charge in [-0.1, -0.05) is 24.0 Å². The van der Waals surface area contributed by atoms with Crippen LogP contribution in [-0.2, 0) is 0 Å². The lowest BCUT2D eigenvalue weighted by Crippen LogP contribution is -2.48. The Balaban J connectivity index is 1.59. The smallest absolute Gasteiger partial charge is 0.0777 e. The molecule has 1 nitrogen and oxygen atoms in total. The molecule has 0 aromatic carbocycles. The highest BCUT2D eigenvalue weighted by Crippen LogP contribution is 2.71. The highest BCUT2D eigenvalue weighted by Gasteiger charge is 2.70. The Bertz CT molecular complexity index is 451. The number of allylic oxidation sites excluding steroid dienone is 1. The predicted octanol–water partition coefficient (Wildman–Crippen LogP) is 4.06. The summed E-state index contributed by atoms with van der Waals surface area (Å²) in [5.74, 6) is 3.61. The van der Waals surface area contributed by atoms with Crippen molar-refractivity contribution < 1.29 is 5.11 Å². The monoisotopic (exact) mass is 258 g/mol. The Morgan fingerprint density at radius 3 is 2.53 bits per heavy atom. The summed E-state index contributed by atoms with van der Waals surface area (Å²) in [6.07, 6.45) is 13.8. The standard InChI is InChI=1S/C18H26O/c19-18-12-8-7-11(9-12)17(18)15-10-16(18)14-6-4-2-1-3-5-13(14)15/h11-12,15-17,19H,1-10H2. The van der Waals surface area contributed by atoms with Crippen molar-refractivity contribution in [2.75, 3.05) is 0 Å². The molecule has 19 heavy (non-hydrogen) atoms. The van der Waals surface area contributed by atoms with E-state index < -0.39 is 0 Å². The minimum absolute atomic E-state index is 0.244. The maximum absolute atomic E-state index is 11.5.